The van der Waals surface area contributed by atoms with E-state index in [1.807, 2.05) is 30.3 Å². The van der Waals surface area contributed by atoms with Crippen molar-refractivity contribution in [1.82, 2.24) is 4.98 Å². The first kappa shape index (κ1) is 18.7. The predicted octanol–water partition coefficient (Wildman–Crippen LogP) is 4.65. The van der Waals surface area contributed by atoms with Crippen LogP contribution in [0.4, 0.5) is 5.69 Å². The summed E-state index contributed by atoms with van der Waals surface area (Å²) in [6.45, 7) is 5.98. The minimum Gasteiger partial charge on any atom is -0.463 e. The first-order chi connectivity index (χ1) is 12.6. The van der Waals surface area contributed by atoms with E-state index in [2.05, 4.69) is 54.6 Å². The summed E-state index contributed by atoms with van der Waals surface area (Å²) in [7, 11) is 0. The molecule has 6 heteroatoms. The maximum absolute atomic E-state index is 12.3. The molecule has 0 saturated carbocycles. The van der Waals surface area contributed by atoms with E-state index in [4.69, 9.17) is 4.74 Å². The molecule has 1 atom stereocenters. The van der Waals surface area contributed by atoms with Crippen LogP contribution in [0.1, 0.15) is 22.7 Å². The lowest BCUT2D eigenvalue weighted by molar-refractivity contribution is -0.142. The number of thiazole rings is 1. The second kappa shape index (κ2) is 8.56. The third kappa shape index (κ3) is 4.37. The molecule has 3 aromatic rings. The van der Waals surface area contributed by atoms with Crippen LogP contribution in [0, 0.1) is 6.92 Å². The Kier molecular flexibility index (Phi) is 6.16. The van der Waals surface area contributed by atoms with Crippen LogP contribution in [0.2, 0.25) is 0 Å². The molecule has 0 radical (unpaired) electrons. The van der Waals surface area contributed by atoms with Gasteiger partial charge in [0.2, 0.25) is 0 Å². The van der Waals surface area contributed by atoms with Gasteiger partial charge in [0.05, 0.1) is 16.8 Å². The summed E-state index contributed by atoms with van der Waals surface area (Å²) in [5.41, 5.74) is 3.23. The molecule has 1 unspecified atom stereocenters. The monoisotopic (exact) mass is 386 g/mol. The van der Waals surface area contributed by atoms with Gasteiger partial charge in [0, 0.05) is 12.2 Å². The van der Waals surface area contributed by atoms with Crippen molar-refractivity contribution in [2.75, 3.05) is 24.6 Å². The largest absolute Gasteiger partial charge is 0.463 e. The van der Waals surface area contributed by atoms with E-state index in [1.165, 1.54) is 16.9 Å². The highest BCUT2D eigenvalue weighted by Crippen LogP contribution is 2.30. The number of hydrogen-bond donors (Lipinski definition) is 1. The lowest BCUT2D eigenvalue weighted by Gasteiger charge is -2.23. The first-order valence-electron chi connectivity index (χ1n) is 8.60. The molecule has 26 heavy (non-hydrogen) atoms. The number of likely N-dealkylation sites (N-methyl/N-ethyl adjacent to an activating group) is 1. The molecule has 4 nitrogen and oxygen atoms in total. The molecule has 2 aromatic carbocycles. The number of para-hydroxylation sites is 1. The van der Waals surface area contributed by atoms with Crippen LogP contribution in [-0.4, -0.2) is 30.6 Å². The molecule has 3 rings (SSSR count). The zero-order valence-electron chi connectivity index (χ0n) is 14.9. The highest BCUT2D eigenvalue weighted by Gasteiger charge is 2.22. The van der Waals surface area contributed by atoms with E-state index in [0.29, 0.717) is 18.2 Å². The number of carbonyl (C=O) groups is 1. The van der Waals surface area contributed by atoms with Crippen LogP contribution >= 0.6 is 24.0 Å². The molecule has 0 bridgehead atoms. The van der Waals surface area contributed by atoms with Crippen LogP contribution in [-0.2, 0) is 9.53 Å². The summed E-state index contributed by atoms with van der Waals surface area (Å²) in [5, 5.41) is 0.0204. The van der Waals surface area contributed by atoms with E-state index in [9.17, 15) is 4.79 Å². The Morgan fingerprint density at radius 3 is 2.81 bits per heavy atom. The summed E-state index contributed by atoms with van der Waals surface area (Å²) in [4.78, 5) is 19.0. The molecule has 0 aliphatic heterocycles. The number of thiol groups is 1. The van der Waals surface area contributed by atoms with Gasteiger partial charge in [-0.2, -0.15) is 12.6 Å². The Bertz CT molecular complexity index is 861. The minimum absolute atomic E-state index is 0.322. The SMILES string of the molecule is CCN(CCOC(=O)C(S)c1nc2ccccc2s1)c1cccc(C)c1. The van der Waals surface area contributed by atoms with Crippen LogP contribution in [0.5, 0.6) is 0 Å². The number of benzene rings is 2. The molecule has 0 N–H and O–H groups in total. The van der Waals surface area contributed by atoms with Crippen molar-refractivity contribution in [1.29, 1.82) is 0 Å². The Balaban J connectivity index is 1.57. The summed E-state index contributed by atoms with van der Waals surface area (Å²) in [6.07, 6.45) is 0. The third-order valence-corrected chi connectivity index (χ3v) is 5.85. The predicted molar refractivity (Wildman–Crippen MR) is 111 cm³/mol. The summed E-state index contributed by atoms with van der Waals surface area (Å²) >= 11 is 5.89. The van der Waals surface area contributed by atoms with Gasteiger partial charge in [-0.05, 0) is 43.7 Å². The Morgan fingerprint density at radius 2 is 2.08 bits per heavy atom. The number of anilines is 1. The Labute approximate surface area is 163 Å². The van der Waals surface area contributed by atoms with Crippen molar-refractivity contribution in [2.24, 2.45) is 0 Å². The van der Waals surface area contributed by atoms with Gasteiger partial charge in [-0.25, -0.2) is 4.98 Å². The second-order valence-electron chi connectivity index (χ2n) is 6.01. The van der Waals surface area contributed by atoms with Gasteiger partial charge in [0.15, 0.2) is 5.25 Å². The minimum atomic E-state index is -0.651. The molecule has 0 aliphatic carbocycles. The highest BCUT2D eigenvalue weighted by atomic mass is 32.1. The molecular weight excluding hydrogens is 364 g/mol. The molecule has 0 amide bonds. The average Bonchev–Trinajstić information content (AvgIpc) is 3.08. The van der Waals surface area contributed by atoms with Gasteiger partial charge >= 0.3 is 5.97 Å². The van der Waals surface area contributed by atoms with Gasteiger partial charge in [0.1, 0.15) is 11.6 Å². The van der Waals surface area contributed by atoms with Crippen molar-refractivity contribution in [3.05, 3.63) is 59.1 Å². The van der Waals surface area contributed by atoms with Crippen LogP contribution in [0.15, 0.2) is 48.5 Å². The van der Waals surface area contributed by atoms with E-state index in [0.717, 1.165) is 22.4 Å². The van der Waals surface area contributed by atoms with Gasteiger partial charge in [-0.15, -0.1) is 11.3 Å². The molecule has 0 spiro atoms. The lowest BCUT2D eigenvalue weighted by Crippen LogP contribution is -2.28. The molecule has 0 aliphatic rings. The Morgan fingerprint density at radius 1 is 1.27 bits per heavy atom. The van der Waals surface area contributed by atoms with Crippen LogP contribution in [0.25, 0.3) is 10.2 Å². The maximum Gasteiger partial charge on any atom is 0.325 e. The molecule has 0 saturated heterocycles. The maximum atomic E-state index is 12.3. The quantitative estimate of drug-likeness (QED) is 0.474. The van der Waals surface area contributed by atoms with Crippen molar-refractivity contribution < 1.29 is 9.53 Å². The Hall–Kier alpha value is -2.05. The highest BCUT2D eigenvalue weighted by molar-refractivity contribution is 7.81. The van der Waals surface area contributed by atoms with Gasteiger partial charge in [-0.3, -0.25) is 4.79 Å². The summed E-state index contributed by atoms with van der Waals surface area (Å²) in [5.74, 6) is -0.354. The molecule has 1 heterocycles. The number of nitrogens with zero attached hydrogens (tertiary/aromatic N) is 2. The van der Waals surface area contributed by atoms with Gasteiger partial charge in [-0.1, -0.05) is 24.3 Å². The van der Waals surface area contributed by atoms with Crippen molar-refractivity contribution >= 4 is 45.8 Å². The van der Waals surface area contributed by atoms with Gasteiger partial charge in [0.25, 0.3) is 0 Å². The summed E-state index contributed by atoms with van der Waals surface area (Å²) < 4.78 is 6.50. The zero-order chi connectivity index (χ0) is 18.5. The topological polar surface area (TPSA) is 42.4 Å². The number of fused-ring (bicyclic) bond motifs is 1. The van der Waals surface area contributed by atoms with Crippen LogP contribution in [0.3, 0.4) is 0 Å². The number of rotatable bonds is 7. The average molecular weight is 387 g/mol. The molecule has 0 fully saturated rings. The second-order valence-corrected chi connectivity index (χ2v) is 7.59. The summed E-state index contributed by atoms with van der Waals surface area (Å²) in [6, 6.07) is 16.1. The number of aryl methyl sites for hydroxylation is 1. The number of hydrogen-bond acceptors (Lipinski definition) is 6. The van der Waals surface area contributed by atoms with Crippen LogP contribution < -0.4 is 4.90 Å². The fourth-order valence-corrected chi connectivity index (χ4v) is 3.97. The van der Waals surface area contributed by atoms with E-state index in [1.54, 1.807) is 0 Å². The smallest absolute Gasteiger partial charge is 0.325 e. The van der Waals surface area contributed by atoms with Crippen molar-refractivity contribution in [3.8, 4) is 0 Å². The molecule has 1 aromatic heterocycles. The molecule has 136 valence electrons. The number of carbonyl (C=O) groups excluding carboxylic acids is 1. The fraction of sp³-hybridized carbons (Fsp3) is 0.300. The number of esters is 1. The standard InChI is InChI=1S/C20H22N2O2S2/c1-3-22(15-8-6-7-14(2)13-15)11-12-24-20(23)18(25)19-21-16-9-4-5-10-17(16)26-19/h4-10,13,18,25H,3,11-12H2,1-2H3. The van der Waals surface area contributed by atoms with E-state index in [-0.39, 0.29) is 5.97 Å². The first-order valence-corrected chi connectivity index (χ1v) is 9.93. The number of aromatic nitrogens is 1. The zero-order valence-corrected chi connectivity index (χ0v) is 16.6. The van der Waals surface area contributed by atoms with E-state index < -0.39 is 5.25 Å². The lowest BCUT2D eigenvalue weighted by atomic mass is 10.2. The normalized spacial score (nSPS) is 12.1. The van der Waals surface area contributed by atoms with E-state index >= 15 is 0 Å². The fourth-order valence-electron chi connectivity index (χ4n) is 2.74. The molecular formula is C20H22N2O2S2. The van der Waals surface area contributed by atoms with Crippen molar-refractivity contribution in [2.45, 2.75) is 19.1 Å². The number of ether oxygens (including phenoxy) is 1. The third-order valence-electron chi connectivity index (χ3n) is 4.12. The van der Waals surface area contributed by atoms with Gasteiger partial charge < -0.3 is 9.64 Å². The van der Waals surface area contributed by atoms with Crippen molar-refractivity contribution in [3.63, 3.8) is 0 Å².